The van der Waals surface area contributed by atoms with E-state index in [1.165, 1.54) is 6.07 Å². The molecule has 2 heterocycles. The zero-order valence-electron chi connectivity index (χ0n) is 15.0. The zero-order chi connectivity index (χ0) is 19.0. The lowest BCUT2D eigenvalue weighted by Crippen LogP contribution is -2.02. The second kappa shape index (κ2) is 6.68. The summed E-state index contributed by atoms with van der Waals surface area (Å²) in [6.45, 7) is 4.45. The Balaban J connectivity index is 1.83. The van der Waals surface area contributed by atoms with Crippen LogP contribution in [0.25, 0.3) is 22.5 Å². The van der Waals surface area contributed by atoms with Crippen LogP contribution in [0.1, 0.15) is 31.2 Å². The smallest absolute Gasteiger partial charge is 0.269 e. The molecule has 0 fully saturated rings. The van der Waals surface area contributed by atoms with Gasteiger partial charge in [0, 0.05) is 35.5 Å². The molecule has 2 aromatic carbocycles. The minimum atomic E-state index is -0.384. The molecule has 0 amide bonds. The monoisotopic (exact) mass is 362 g/mol. The third kappa shape index (κ3) is 3.19. The van der Waals surface area contributed by atoms with Gasteiger partial charge in [0.25, 0.3) is 11.6 Å². The Morgan fingerprint density at radius 2 is 1.93 bits per heavy atom. The van der Waals surface area contributed by atoms with Crippen LogP contribution in [0, 0.1) is 10.1 Å². The number of non-ortho nitro benzene ring substituents is 1. The molecule has 0 N–H and O–H groups in total. The molecule has 0 bridgehead atoms. The van der Waals surface area contributed by atoms with Crippen LogP contribution in [0.4, 0.5) is 5.69 Å². The number of para-hydroxylation sites is 1. The van der Waals surface area contributed by atoms with E-state index in [1.54, 1.807) is 12.1 Å². The summed E-state index contributed by atoms with van der Waals surface area (Å²) in [6, 6.07) is 16.6. The topological polar surface area (TPSA) is 87.0 Å². The van der Waals surface area contributed by atoms with E-state index < -0.39 is 0 Å². The van der Waals surface area contributed by atoms with Gasteiger partial charge in [-0.1, -0.05) is 44.2 Å². The van der Waals surface area contributed by atoms with Gasteiger partial charge in [0.05, 0.1) is 4.92 Å². The number of benzene rings is 2. The van der Waals surface area contributed by atoms with Crippen molar-refractivity contribution < 1.29 is 9.34 Å². The Morgan fingerprint density at radius 3 is 2.67 bits per heavy atom. The highest BCUT2D eigenvalue weighted by Crippen LogP contribution is 2.30. The minimum absolute atomic E-state index is 0.0744. The van der Waals surface area contributed by atoms with Crippen LogP contribution in [-0.4, -0.2) is 19.7 Å². The molecule has 0 spiro atoms. The van der Waals surface area contributed by atoms with Gasteiger partial charge in [-0.15, -0.1) is 10.2 Å². The van der Waals surface area contributed by atoms with Crippen molar-refractivity contribution in [3.05, 3.63) is 76.2 Å². The first-order chi connectivity index (χ1) is 13.0. The molecule has 0 atom stereocenters. The number of rotatable bonds is 5. The van der Waals surface area contributed by atoms with Crippen LogP contribution in [0.15, 0.2) is 59.0 Å². The maximum atomic E-state index is 11.1. The van der Waals surface area contributed by atoms with Crippen molar-refractivity contribution >= 4 is 16.6 Å². The van der Waals surface area contributed by atoms with E-state index in [0.29, 0.717) is 18.3 Å². The number of hydrogen-bond donors (Lipinski definition) is 0. The average Bonchev–Trinajstić information content (AvgIpc) is 3.27. The highest BCUT2D eigenvalue weighted by atomic mass is 16.6. The molecule has 2 aromatic heterocycles. The third-order valence-electron chi connectivity index (χ3n) is 4.43. The van der Waals surface area contributed by atoms with Crippen molar-refractivity contribution in [2.45, 2.75) is 26.3 Å². The second-order valence-corrected chi connectivity index (χ2v) is 6.70. The molecule has 4 aromatic rings. The molecule has 7 nitrogen and oxygen atoms in total. The fourth-order valence-corrected chi connectivity index (χ4v) is 3.08. The fourth-order valence-electron chi connectivity index (χ4n) is 3.08. The molecule has 0 aliphatic rings. The molecule has 136 valence electrons. The van der Waals surface area contributed by atoms with E-state index in [9.17, 15) is 10.1 Å². The zero-order valence-corrected chi connectivity index (χ0v) is 15.0. The van der Waals surface area contributed by atoms with E-state index in [-0.39, 0.29) is 16.5 Å². The summed E-state index contributed by atoms with van der Waals surface area (Å²) in [7, 11) is 0. The number of nitro benzene ring substituents is 1. The normalized spacial score (nSPS) is 11.4. The molecule has 4 rings (SSSR count). The number of hydrogen-bond acceptors (Lipinski definition) is 5. The minimum Gasteiger partial charge on any atom is -0.419 e. The first kappa shape index (κ1) is 17.0. The molecule has 0 aliphatic heterocycles. The summed E-state index contributed by atoms with van der Waals surface area (Å²) in [4.78, 5) is 10.7. The van der Waals surface area contributed by atoms with Crippen molar-refractivity contribution in [3.8, 4) is 11.6 Å². The van der Waals surface area contributed by atoms with Crippen LogP contribution in [-0.2, 0) is 6.54 Å². The second-order valence-electron chi connectivity index (χ2n) is 6.70. The molecule has 0 aliphatic carbocycles. The Hall–Kier alpha value is -3.48. The summed E-state index contributed by atoms with van der Waals surface area (Å²) >= 11 is 0. The van der Waals surface area contributed by atoms with E-state index in [4.69, 9.17) is 4.42 Å². The van der Waals surface area contributed by atoms with E-state index in [2.05, 4.69) is 10.2 Å². The van der Waals surface area contributed by atoms with Crippen molar-refractivity contribution in [2.75, 3.05) is 0 Å². The van der Waals surface area contributed by atoms with Gasteiger partial charge in [-0.2, -0.15) is 0 Å². The fraction of sp³-hybridized carbons (Fsp3) is 0.200. The van der Waals surface area contributed by atoms with Gasteiger partial charge in [-0.05, 0) is 17.7 Å². The number of nitrogens with zero attached hydrogens (tertiary/aromatic N) is 4. The summed E-state index contributed by atoms with van der Waals surface area (Å²) in [5.74, 6) is 1.17. The molecule has 27 heavy (non-hydrogen) atoms. The van der Waals surface area contributed by atoms with Gasteiger partial charge < -0.3 is 8.98 Å². The van der Waals surface area contributed by atoms with Crippen LogP contribution in [0.2, 0.25) is 0 Å². The lowest BCUT2D eigenvalue weighted by Gasteiger charge is -2.09. The van der Waals surface area contributed by atoms with Gasteiger partial charge in [-0.3, -0.25) is 10.1 Å². The van der Waals surface area contributed by atoms with Gasteiger partial charge in [0.1, 0.15) is 5.69 Å². The van der Waals surface area contributed by atoms with Gasteiger partial charge in [-0.25, -0.2) is 0 Å². The van der Waals surface area contributed by atoms with Crippen LogP contribution < -0.4 is 0 Å². The molecular formula is C20H18N4O3. The maximum absolute atomic E-state index is 11.1. The SMILES string of the molecule is CC(C)c1nnc(-c2cc3ccccc3n2Cc2cccc([N+](=O)[O-])c2)o1. The van der Waals surface area contributed by atoms with Gasteiger partial charge >= 0.3 is 0 Å². The molecule has 0 saturated heterocycles. The predicted octanol–water partition coefficient (Wildman–Crippen LogP) is 4.77. The summed E-state index contributed by atoms with van der Waals surface area (Å²) in [6.07, 6.45) is 0. The maximum Gasteiger partial charge on any atom is 0.269 e. The largest absolute Gasteiger partial charge is 0.419 e. The number of aromatic nitrogens is 3. The Kier molecular flexibility index (Phi) is 4.19. The predicted molar refractivity (Wildman–Crippen MR) is 102 cm³/mol. The Morgan fingerprint density at radius 1 is 1.11 bits per heavy atom. The summed E-state index contributed by atoms with van der Waals surface area (Å²) < 4.78 is 7.90. The standard InChI is InChI=1S/C20H18N4O3/c1-13(2)19-21-22-20(27-19)18-11-15-7-3-4-9-17(15)23(18)12-14-6-5-8-16(10-14)24(25)26/h3-11,13H,12H2,1-2H3. The van der Waals surface area contributed by atoms with Crippen LogP contribution >= 0.6 is 0 Å². The van der Waals surface area contributed by atoms with Crippen molar-refractivity contribution in [1.29, 1.82) is 0 Å². The lowest BCUT2D eigenvalue weighted by atomic mass is 10.2. The van der Waals surface area contributed by atoms with Crippen molar-refractivity contribution in [2.24, 2.45) is 0 Å². The molecule has 7 heteroatoms. The number of fused-ring (bicyclic) bond motifs is 1. The van der Waals surface area contributed by atoms with Gasteiger partial charge in [0.15, 0.2) is 0 Å². The van der Waals surface area contributed by atoms with E-state index in [0.717, 1.165) is 22.2 Å². The molecule has 0 unspecified atom stereocenters. The first-order valence-corrected chi connectivity index (χ1v) is 8.68. The Bertz CT molecular complexity index is 1130. The van der Waals surface area contributed by atoms with Crippen molar-refractivity contribution in [1.82, 2.24) is 14.8 Å². The summed E-state index contributed by atoms with van der Waals surface area (Å²) in [5.41, 5.74) is 2.70. The third-order valence-corrected chi connectivity index (χ3v) is 4.43. The van der Waals surface area contributed by atoms with Crippen LogP contribution in [0.3, 0.4) is 0 Å². The van der Waals surface area contributed by atoms with Crippen molar-refractivity contribution in [3.63, 3.8) is 0 Å². The average molecular weight is 362 g/mol. The van der Waals surface area contributed by atoms with Crippen LogP contribution in [0.5, 0.6) is 0 Å². The molecular weight excluding hydrogens is 344 g/mol. The molecule has 0 saturated carbocycles. The lowest BCUT2D eigenvalue weighted by molar-refractivity contribution is -0.384. The van der Waals surface area contributed by atoms with E-state index in [1.807, 2.05) is 54.8 Å². The van der Waals surface area contributed by atoms with Gasteiger partial charge in [0.2, 0.25) is 5.89 Å². The first-order valence-electron chi connectivity index (χ1n) is 8.68. The number of nitro groups is 1. The highest BCUT2D eigenvalue weighted by Gasteiger charge is 2.18. The van der Waals surface area contributed by atoms with E-state index >= 15 is 0 Å². The Labute approximate surface area is 155 Å². The quantitative estimate of drug-likeness (QED) is 0.377. The highest BCUT2D eigenvalue weighted by molar-refractivity contribution is 5.85. The molecule has 0 radical (unpaired) electrons. The summed E-state index contributed by atoms with van der Waals surface area (Å²) in [5, 5.41) is 20.5.